The summed E-state index contributed by atoms with van der Waals surface area (Å²) in [5.74, 6) is 0. The van der Waals surface area contributed by atoms with Gasteiger partial charge in [0.25, 0.3) is 0 Å². The van der Waals surface area contributed by atoms with Gasteiger partial charge < -0.3 is 0 Å². The van der Waals surface area contributed by atoms with Crippen LogP contribution in [0.25, 0.3) is 11.1 Å². The highest BCUT2D eigenvalue weighted by Gasteiger charge is 2.02. The van der Waals surface area contributed by atoms with Gasteiger partial charge in [-0.15, -0.1) is 0 Å². The minimum absolute atomic E-state index is 0.0179. The molecule has 0 aliphatic rings. The number of hydrogen-bond acceptors (Lipinski definition) is 2. The molecular weight excluding hydrogens is 180 g/mol. The predicted octanol–water partition coefficient (Wildman–Crippen LogP) is 3.23. The van der Waals surface area contributed by atoms with Crippen molar-refractivity contribution in [1.29, 1.82) is 0 Å². The molecule has 0 saturated carbocycles. The van der Waals surface area contributed by atoms with E-state index >= 15 is 0 Å². The highest BCUT2D eigenvalue weighted by atomic mass is 32.1. The standard InChI is InChI=1S/C11H8OS/c12-7-9-3-1-2-4-11(9)10-5-6-13-8-10/h1-8H/i5D,6D,8D. The number of benzene rings is 1. The molecule has 0 aliphatic heterocycles. The average Bonchev–Trinajstić information content (AvgIpc) is 2.53. The molecule has 1 aromatic carbocycles. The third kappa shape index (κ3) is 1.53. The van der Waals surface area contributed by atoms with Crippen LogP contribution in [0.15, 0.2) is 41.0 Å². The minimum Gasteiger partial charge on any atom is -0.298 e. The van der Waals surface area contributed by atoms with E-state index in [2.05, 4.69) is 0 Å². The number of carbonyl (C=O) groups excluding carboxylic acids is 1. The summed E-state index contributed by atoms with van der Waals surface area (Å²) in [6.07, 6.45) is 0.704. The summed E-state index contributed by atoms with van der Waals surface area (Å²) in [5, 5.41) is 0.213. The molecule has 0 atom stereocenters. The van der Waals surface area contributed by atoms with Gasteiger partial charge in [-0.05, 0) is 27.9 Å². The fourth-order valence-corrected chi connectivity index (χ4v) is 1.60. The Bertz CT molecular complexity index is 548. The van der Waals surface area contributed by atoms with Crippen molar-refractivity contribution in [1.82, 2.24) is 0 Å². The summed E-state index contributed by atoms with van der Waals surface area (Å²) < 4.78 is 22.9. The molecule has 1 aromatic heterocycles. The van der Waals surface area contributed by atoms with E-state index in [1.165, 1.54) is 0 Å². The van der Waals surface area contributed by atoms with Crippen LogP contribution in [0.5, 0.6) is 0 Å². The molecule has 0 radical (unpaired) electrons. The van der Waals surface area contributed by atoms with Crippen LogP contribution in [0.4, 0.5) is 0 Å². The van der Waals surface area contributed by atoms with E-state index in [0.717, 1.165) is 11.3 Å². The van der Waals surface area contributed by atoms with Gasteiger partial charge in [0.05, 0.1) is 4.11 Å². The van der Waals surface area contributed by atoms with Crippen LogP contribution in [0.3, 0.4) is 0 Å². The van der Waals surface area contributed by atoms with Crippen molar-refractivity contribution in [3.63, 3.8) is 0 Å². The van der Waals surface area contributed by atoms with Crippen LogP contribution in [0, 0.1) is 0 Å². The Morgan fingerprint density at radius 3 is 2.92 bits per heavy atom. The Morgan fingerprint density at radius 2 is 2.23 bits per heavy atom. The van der Waals surface area contributed by atoms with Gasteiger partial charge in [0.2, 0.25) is 0 Å². The molecule has 0 bridgehead atoms. The van der Waals surface area contributed by atoms with Crippen LogP contribution in [0.2, 0.25) is 0 Å². The lowest BCUT2D eigenvalue weighted by atomic mass is 10.0. The molecule has 0 N–H and O–H groups in total. The summed E-state index contributed by atoms with van der Waals surface area (Å²) in [4.78, 5) is 10.9. The number of hydrogen-bond donors (Lipinski definition) is 0. The normalized spacial score (nSPS) is 13.1. The second-order valence-electron chi connectivity index (χ2n) is 2.51. The van der Waals surface area contributed by atoms with Crippen molar-refractivity contribution >= 4 is 17.6 Å². The third-order valence-electron chi connectivity index (χ3n) is 1.74. The minimum atomic E-state index is 0.0179. The second kappa shape index (κ2) is 3.54. The Kier molecular flexibility index (Phi) is 1.46. The first-order chi connectivity index (χ1) is 7.65. The van der Waals surface area contributed by atoms with Gasteiger partial charge in [0, 0.05) is 5.56 Å². The van der Waals surface area contributed by atoms with Gasteiger partial charge in [-0.2, -0.15) is 11.3 Å². The van der Waals surface area contributed by atoms with Crippen molar-refractivity contribution in [3.05, 3.63) is 46.6 Å². The van der Waals surface area contributed by atoms with Crippen LogP contribution in [-0.4, -0.2) is 6.29 Å². The summed E-state index contributed by atoms with van der Waals surface area (Å²) >= 11 is 0.940. The Hall–Kier alpha value is -1.41. The van der Waals surface area contributed by atoms with E-state index in [-0.39, 0.29) is 16.8 Å². The molecule has 2 heteroatoms. The largest absolute Gasteiger partial charge is 0.298 e. The van der Waals surface area contributed by atoms with Crippen LogP contribution >= 0.6 is 11.3 Å². The predicted molar refractivity (Wildman–Crippen MR) is 55.1 cm³/mol. The Balaban J connectivity index is 2.71. The zero-order valence-electron chi connectivity index (χ0n) is 9.70. The van der Waals surface area contributed by atoms with Crippen molar-refractivity contribution < 1.29 is 8.91 Å². The maximum absolute atomic E-state index is 10.9. The molecule has 0 unspecified atom stereocenters. The van der Waals surface area contributed by atoms with Crippen molar-refractivity contribution in [2.75, 3.05) is 0 Å². The monoisotopic (exact) mass is 191 g/mol. The topological polar surface area (TPSA) is 17.1 Å². The number of aldehydes is 1. The molecule has 1 heterocycles. The molecule has 0 saturated heterocycles. The first-order valence-corrected chi connectivity index (χ1v) is 4.58. The lowest BCUT2D eigenvalue weighted by molar-refractivity contribution is 0.112. The first kappa shape index (κ1) is 5.35. The number of thiophene rings is 1. The van der Waals surface area contributed by atoms with Gasteiger partial charge in [-0.3, -0.25) is 4.79 Å². The van der Waals surface area contributed by atoms with E-state index < -0.39 is 0 Å². The molecule has 0 amide bonds. The second-order valence-corrected chi connectivity index (χ2v) is 3.12. The molecule has 2 rings (SSSR count). The van der Waals surface area contributed by atoms with Crippen molar-refractivity contribution in [2.24, 2.45) is 0 Å². The van der Waals surface area contributed by atoms with E-state index in [1.807, 2.05) is 0 Å². The SMILES string of the molecule is [2H]c1sc([2H])c(-c2ccccc2C=O)c1[2H]. The lowest BCUT2D eigenvalue weighted by Gasteiger charge is -2.00. The lowest BCUT2D eigenvalue weighted by Crippen LogP contribution is -1.84. The molecule has 64 valence electrons. The molecule has 1 nitrogen and oxygen atoms in total. The number of carbonyl (C=O) groups is 1. The highest BCUT2D eigenvalue weighted by Crippen LogP contribution is 2.24. The maximum Gasteiger partial charge on any atom is 0.150 e. The number of rotatable bonds is 2. The Morgan fingerprint density at radius 1 is 1.38 bits per heavy atom. The molecule has 0 aliphatic carbocycles. The highest BCUT2D eigenvalue weighted by molar-refractivity contribution is 7.08. The van der Waals surface area contributed by atoms with Crippen molar-refractivity contribution in [2.45, 2.75) is 0 Å². The molecule has 13 heavy (non-hydrogen) atoms. The van der Waals surface area contributed by atoms with E-state index in [1.54, 1.807) is 24.3 Å². The van der Waals surface area contributed by atoms with Gasteiger partial charge >= 0.3 is 0 Å². The zero-order valence-corrected chi connectivity index (χ0v) is 7.52. The summed E-state index contributed by atoms with van der Waals surface area (Å²) in [6, 6.07) is 6.84. The van der Waals surface area contributed by atoms with Gasteiger partial charge in [-0.1, -0.05) is 24.3 Å². The summed E-state index contributed by atoms with van der Waals surface area (Å²) in [5.41, 5.74) is 1.38. The molecule has 0 fully saturated rings. The van der Waals surface area contributed by atoms with Gasteiger partial charge in [-0.25, -0.2) is 0 Å². The Labute approximate surface area is 84.9 Å². The fraction of sp³-hybridized carbons (Fsp3) is 0. The quantitative estimate of drug-likeness (QED) is 0.666. The first-order valence-electron chi connectivity index (χ1n) is 5.26. The maximum atomic E-state index is 10.9. The van der Waals surface area contributed by atoms with Gasteiger partial charge in [0.15, 0.2) is 6.29 Å². The molecule has 0 spiro atoms. The zero-order chi connectivity index (χ0) is 11.7. The van der Waals surface area contributed by atoms with Crippen LogP contribution in [-0.2, 0) is 0 Å². The molecule has 2 aromatic rings. The van der Waals surface area contributed by atoms with Crippen molar-refractivity contribution in [3.8, 4) is 11.1 Å². The summed E-state index contributed by atoms with van der Waals surface area (Å²) in [6.45, 7) is 0. The van der Waals surface area contributed by atoms with E-state index in [0.29, 0.717) is 23.0 Å². The molecular formula is C11H8OS. The van der Waals surface area contributed by atoms with E-state index in [4.69, 9.17) is 4.11 Å². The van der Waals surface area contributed by atoms with E-state index in [9.17, 15) is 4.79 Å². The fourth-order valence-electron chi connectivity index (χ4n) is 1.13. The third-order valence-corrected chi connectivity index (χ3v) is 2.25. The smallest absolute Gasteiger partial charge is 0.150 e. The van der Waals surface area contributed by atoms with Crippen LogP contribution < -0.4 is 0 Å². The average molecular weight is 191 g/mol. The summed E-state index contributed by atoms with van der Waals surface area (Å²) in [7, 11) is 0. The van der Waals surface area contributed by atoms with Crippen LogP contribution in [0.1, 0.15) is 14.5 Å². The van der Waals surface area contributed by atoms with Gasteiger partial charge in [0.1, 0.15) is 0 Å².